The summed E-state index contributed by atoms with van der Waals surface area (Å²) in [5, 5.41) is 70.7. The van der Waals surface area contributed by atoms with Gasteiger partial charge in [-0.1, -0.05) is 68.4 Å². The molecule has 0 aliphatic carbocycles. The van der Waals surface area contributed by atoms with Crippen molar-refractivity contribution < 1.29 is 58.7 Å². The number of hydrogen-bond donors (Lipinski definition) is 6. The Morgan fingerprint density at radius 3 is 2.30 bits per heavy atom. The molecule has 0 amide bonds. The van der Waals surface area contributed by atoms with E-state index >= 15 is 0 Å². The van der Waals surface area contributed by atoms with Crippen LogP contribution in [0.2, 0.25) is 0 Å². The number of rotatable bonds is 13. The van der Waals surface area contributed by atoms with E-state index in [4.69, 9.17) is 28.4 Å². The third kappa shape index (κ3) is 12.7. The van der Waals surface area contributed by atoms with Gasteiger partial charge in [0.1, 0.15) is 35.7 Å². The van der Waals surface area contributed by atoms with Crippen LogP contribution in [0.4, 0.5) is 0 Å². The number of para-hydroxylation sites is 1. The van der Waals surface area contributed by atoms with Gasteiger partial charge in [0.15, 0.2) is 12.6 Å². The van der Waals surface area contributed by atoms with Crippen LogP contribution in [0, 0.1) is 17.8 Å². The van der Waals surface area contributed by atoms with Gasteiger partial charge in [-0.2, -0.15) is 0 Å². The molecule has 2 aromatic heterocycles. The molecule has 3 aliphatic rings. The van der Waals surface area contributed by atoms with Crippen LogP contribution in [0.1, 0.15) is 106 Å². The molecule has 0 unspecified atom stereocenters. The topological polar surface area (TPSA) is 227 Å². The molecular weight excluding hydrogens is 949 g/mol. The molecule has 0 radical (unpaired) electrons. The van der Waals surface area contributed by atoms with Crippen molar-refractivity contribution in [1.29, 1.82) is 0 Å². The van der Waals surface area contributed by atoms with E-state index in [9.17, 15) is 30.3 Å². The number of nitrogens with one attached hydrogen (secondary N) is 1. The van der Waals surface area contributed by atoms with E-state index in [0.717, 1.165) is 28.8 Å². The number of ether oxygens (including phenoxy) is 6. The molecule has 74 heavy (non-hydrogen) atoms. The molecule has 412 valence electrons. The molecule has 3 aliphatic heterocycles. The van der Waals surface area contributed by atoms with E-state index in [-0.39, 0.29) is 37.3 Å². The molecule has 4 aromatic rings. The quantitative estimate of drug-likeness (QED) is 0.0916. The van der Waals surface area contributed by atoms with Crippen LogP contribution in [0.25, 0.3) is 22.2 Å². The second kappa shape index (κ2) is 23.8. The van der Waals surface area contributed by atoms with Crippen LogP contribution in [-0.4, -0.2) is 179 Å². The molecule has 7 rings (SSSR count). The van der Waals surface area contributed by atoms with Crippen molar-refractivity contribution in [1.82, 2.24) is 29.8 Å². The molecule has 0 spiro atoms. The Hall–Kier alpha value is -3.89. The third-order valence-electron chi connectivity index (χ3n) is 16.5. The van der Waals surface area contributed by atoms with Crippen molar-refractivity contribution in [2.45, 2.75) is 205 Å². The molecule has 18 nitrogen and oxygen atoms in total. The number of likely N-dealkylation sites (N-methyl/N-ethyl adjacent to an activating group) is 1. The lowest BCUT2D eigenvalue weighted by molar-refractivity contribution is -0.318. The number of carbonyl (C=O) groups excluding carboxylic acids is 1. The number of fused-ring (bicyclic) bond motifs is 1. The Morgan fingerprint density at radius 2 is 1.62 bits per heavy atom. The molecule has 5 heterocycles. The van der Waals surface area contributed by atoms with E-state index in [1.165, 1.54) is 25.0 Å². The van der Waals surface area contributed by atoms with E-state index < -0.39 is 96.0 Å². The highest BCUT2D eigenvalue weighted by Crippen LogP contribution is 2.41. The standard InChI is InChI=1S/C56H86N6O12/c1-14-45-56(10,68)49(64)36(6)61(30-38-19-21-39(22-20-38)43-31-62(59-58-43)24-23-40-28-57-42-18-16-15-17-41(40)42)29-32(2)26-54(8,67)51(74-53-47(63)44(60(11)12)25-33(3)70-53)34(4)48(35(5)52(66)72-45)73-46-27-55(9,69-13)50(65)37(7)71-46/h15-22,28,31-37,44-51,53,57,63-65,67-68H,14,23-27,29-30H2,1-13H3/t32-,33-,34+,35-,36-,37+,44+,45-,46+,47-,48+,49-,50+,51-,53+,54-,55-,56-/m1/s1. The summed E-state index contributed by atoms with van der Waals surface area (Å²) in [5.41, 5.74) is 0.247. The molecule has 0 bridgehead atoms. The zero-order chi connectivity index (χ0) is 54.0. The first-order chi connectivity index (χ1) is 34.9. The highest BCUT2D eigenvalue weighted by atomic mass is 16.7. The van der Waals surface area contributed by atoms with Gasteiger partial charge in [-0.05, 0) is 111 Å². The van der Waals surface area contributed by atoms with Gasteiger partial charge in [0.25, 0.3) is 0 Å². The number of aliphatic hydroxyl groups excluding tert-OH is 3. The van der Waals surface area contributed by atoms with Crippen LogP contribution in [0.15, 0.2) is 60.9 Å². The summed E-state index contributed by atoms with van der Waals surface area (Å²) in [5.74, 6) is -2.85. The highest BCUT2D eigenvalue weighted by Gasteiger charge is 2.53. The lowest BCUT2D eigenvalue weighted by atomic mass is 9.77. The van der Waals surface area contributed by atoms with Gasteiger partial charge in [-0.15, -0.1) is 5.10 Å². The zero-order valence-electron chi connectivity index (χ0n) is 45.9. The van der Waals surface area contributed by atoms with Crippen LogP contribution < -0.4 is 0 Å². The van der Waals surface area contributed by atoms with Gasteiger partial charge < -0.3 is 63.8 Å². The summed E-state index contributed by atoms with van der Waals surface area (Å²) in [6.45, 7) is 19.1. The summed E-state index contributed by atoms with van der Waals surface area (Å²) in [7, 11) is 5.29. The second-order valence-electron chi connectivity index (χ2n) is 22.8. The summed E-state index contributed by atoms with van der Waals surface area (Å²) < 4.78 is 40.2. The summed E-state index contributed by atoms with van der Waals surface area (Å²) in [4.78, 5) is 22.0. The van der Waals surface area contributed by atoms with E-state index in [2.05, 4.69) is 32.3 Å². The van der Waals surface area contributed by atoms with E-state index in [0.29, 0.717) is 26.1 Å². The number of H-pyrrole nitrogens is 1. The molecule has 2 aromatic carbocycles. The first kappa shape index (κ1) is 57.8. The predicted octanol–water partition coefficient (Wildman–Crippen LogP) is 5.45. The summed E-state index contributed by atoms with van der Waals surface area (Å²) in [6, 6.07) is 15.3. The smallest absolute Gasteiger partial charge is 0.311 e. The van der Waals surface area contributed by atoms with Crippen molar-refractivity contribution in [2.24, 2.45) is 17.8 Å². The largest absolute Gasteiger partial charge is 0.459 e. The first-order valence-electron chi connectivity index (χ1n) is 26.7. The number of methoxy groups -OCH3 is 1. The third-order valence-corrected chi connectivity index (χ3v) is 16.5. The van der Waals surface area contributed by atoms with Crippen molar-refractivity contribution in [3.05, 3.63) is 72.1 Å². The fraction of sp³-hybridized carbons (Fsp3) is 0.696. The zero-order valence-corrected chi connectivity index (χ0v) is 45.9. The number of esters is 1. The molecule has 3 saturated heterocycles. The molecule has 18 atom stereocenters. The van der Waals surface area contributed by atoms with Gasteiger partial charge in [0.2, 0.25) is 0 Å². The Kier molecular flexibility index (Phi) is 18.6. The maximum Gasteiger partial charge on any atom is 0.311 e. The van der Waals surface area contributed by atoms with Crippen LogP contribution >= 0.6 is 0 Å². The van der Waals surface area contributed by atoms with Crippen LogP contribution in [-0.2, 0) is 52.7 Å². The lowest BCUT2D eigenvalue weighted by Crippen LogP contribution is -2.60. The number of aryl methyl sites for hydroxylation is 2. The van der Waals surface area contributed by atoms with E-state index in [1.54, 1.807) is 34.6 Å². The minimum absolute atomic E-state index is 0.106. The fourth-order valence-corrected chi connectivity index (χ4v) is 11.9. The summed E-state index contributed by atoms with van der Waals surface area (Å²) in [6.07, 6.45) is -4.16. The number of aromatic amines is 1. The Balaban J connectivity index is 1.19. The van der Waals surface area contributed by atoms with Crippen molar-refractivity contribution in [3.8, 4) is 11.3 Å². The van der Waals surface area contributed by atoms with Crippen molar-refractivity contribution >= 4 is 16.9 Å². The number of nitrogens with zero attached hydrogens (tertiary/aromatic N) is 5. The van der Waals surface area contributed by atoms with E-state index in [1.807, 2.05) is 100 Å². The average Bonchev–Trinajstić information content (AvgIpc) is 4.01. The maximum atomic E-state index is 14.7. The van der Waals surface area contributed by atoms with Crippen LogP contribution in [0.5, 0.6) is 0 Å². The number of carbonyl (C=O) groups is 1. The minimum atomic E-state index is -1.92. The highest BCUT2D eigenvalue weighted by molar-refractivity contribution is 5.83. The molecular formula is C56H86N6O12. The minimum Gasteiger partial charge on any atom is -0.459 e. The molecule has 0 saturated carbocycles. The number of aromatic nitrogens is 4. The lowest BCUT2D eigenvalue weighted by Gasteiger charge is -2.48. The molecule has 18 heteroatoms. The first-order valence-corrected chi connectivity index (χ1v) is 26.7. The van der Waals surface area contributed by atoms with Gasteiger partial charge >= 0.3 is 5.97 Å². The van der Waals surface area contributed by atoms with Crippen molar-refractivity contribution in [2.75, 3.05) is 27.7 Å². The number of benzene rings is 2. The van der Waals surface area contributed by atoms with Gasteiger partial charge in [-0.25, -0.2) is 0 Å². The molecule has 3 fully saturated rings. The average molecular weight is 1040 g/mol. The SMILES string of the molecule is CC[C@H]1OC(=O)[C@H](C)[C@@H](O[C@H]2C[C@@](C)(OC)[C@@H](O)[C@H](C)O2)[C@H](C)[C@@H](O[C@@H]2O[C@H](C)C[C@H](N(C)C)[C@H]2O)[C@](C)(O)C[C@@H](C)CN(Cc2ccc(-c3cn(CCc4c[nH]c5ccccc45)nn3)cc2)[C@H](C)[C@@H](O)[C@]1(C)O. The van der Waals surface area contributed by atoms with Crippen LogP contribution in [0.3, 0.4) is 0 Å². The maximum absolute atomic E-state index is 14.7. The normalized spacial score (nSPS) is 38.4. The second-order valence-corrected chi connectivity index (χ2v) is 22.8. The van der Waals surface area contributed by atoms with Crippen molar-refractivity contribution in [3.63, 3.8) is 0 Å². The van der Waals surface area contributed by atoms with Gasteiger partial charge in [0.05, 0.1) is 47.7 Å². The Labute approximate surface area is 437 Å². The monoisotopic (exact) mass is 1030 g/mol. The molecule has 6 N–H and O–H groups in total. The Morgan fingerprint density at radius 1 is 0.919 bits per heavy atom. The predicted molar refractivity (Wildman–Crippen MR) is 279 cm³/mol. The Bertz CT molecular complexity index is 2430. The number of cyclic esters (lactones) is 1. The van der Waals surface area contributed by atoms with Gasteiger partial charge in [0, 0.05) is 73.8 Å². The summed E-state index contributed by atoms with van der Waals surface area (Å²) >= 11 is 0. The number of hydrogen-bond acceptors (Lipinski definition) is 16. The van der Waals surface area contributed by atoms with Gasteiger partial charge in [-0.3, -0.25) is 14.4 Å². The fourth-order valence-electron chi connectivity index (χ4n) is 11.9. The number of aliphatic hydroxyl groups is 5.